The summed E-state index contributed by atoms with van der Waals surface area (Å²) in [6.07, 6.45) is 2.22. The Labute approximate surface area is 221 Å². The highest BCUT2D eigenvalue weighted by Crippen LogP contribution is 2.23. The summed E-state index contributed by atoms with van der Waals surface area (Å²) < 4.78 is 4.65. The second kappa shape index (κ2) is 16.6. The number of hydrogen-bond acceptors (Lipinski definition) is 12. The number of nitrogens with one attached hydrogen (secondary N) is 4. The average molecular weight is 555 g/mol. The minimum Gasteiger partial charge on any atom is -0.480 e. The van der Waals surface area contributed by atoms with E-state index in [9.17, 15) is 28.8 Å². The number of carboxylic acids is 1. The van der Waals surface area contributed by atoms with Crippen LogP contribution in [0.1, 0.15) is 26.2 Å². The van der Waals surface area contributed by atoms with Gasteiger partial charge in [-0.15, -0.1) is 11.8 Å². The number of carbonyl (C=O) groups is 6. The number of anilines is 1. The second-order valence-corrected chi connectivity index (χ2v) is 8.88. The number of urea groups is 1. The molecule has 1 aromatic rings. The third kappa shape index (κ3) is 11.7. The third-order valence-electron chi connectivity index (χ3n) is 4.80. The summed E-state index contributed by atoms with van der Waals surface area (Å²) in [4.78, 5) is 75.8. The Hall–Kier alpha value is -4.12. The summed E-state index contributed by atoms with van der Waals surface area (Å²) in [5.41, 5.74) is 13.4. The van der Waals surface area contributed by atoms with Crippen LogP contribution in [0, 0.1) is 5.53 Å². The fourth-order valence-corrected chi connectivity index (χ4v) is 3.92. The first-order valence-electron chi connectivity index (χ1n) is 11.1. The van der Waals surface area contributed by atoms with Crippen LogP contribution in [0.5, 0.6) is 0 Å². The van der Waals surface area contributed by atoms with Crippen LogP contribution in [0.25, 0.3) is 0 Å². The van der Waals surface area contributed by atoms with Gasteiger partial charge in [-0.25, -0.2) is 4.79 Å². The van der Waals surface area contributed by atoms with Crippen molar-refractivity contribution >= 4 is 53.0 Å². The van der Waals surface area contributed by atoms with E-state index in [1.54, 1.807) is 6.07 Å². The van der Waals surface area contributed by atoms with Gasteiger partial charge in [0.25, 0.3) is 0 Å². The number of amides is 4. The van der Waals surface area contributed by atoms with E-state index in [-0.39, 0.29) is 30.1 Å². The maximum absolute atomic E-state index is 12.7. The number of nitrogens with two attached hydrogens (primary N) is 1. The molecular formula is C21H30N8O8S. The summed E-state index contributed by atoms with van der Waals surface area (Å²) in [6.45, 7) is 0.550. The van der Waals surface area contributed by atoms with Crippen molar-refractivity contribution in [3.8, 4) is 0 Å². The average Bonchev–Trinajstić information content (AvgIpc) is 2.88. The van der Waals surface area contributed by atoms with Crippen molar-refractivity contribution in [2.75, 3.05) is 24.7 Å². The molecule has 1 heterocycles. The number of hydrogen-bond donors (Lipinski definition) is 6. The van der Waals surface area contributed by atoms with Gasteiger partial charge in [0.05, 0.1) is 31.5 Å². The first-order valence-corrected chi connectivity index (χ1v) is 12.1. The number of aromatic nitrogens is 1. The Morgan fingerprint density at radius 2 is 2.00 bits per heavy atom. The van der Waals surface area contributed by atoms with E-state index >= 15 is 0 Å². The van der Waals surface area contributed by atoms with Crippen LogP contribution in [0.3, 0.4) is 0 Å². The minimum atomic E-state index is -1.32. The SMILES string of the molecule is COC(=O)CC(SC[C@H](NC(=O)CC[C@H](N)C(C)=O)C(=O)NCC(=O)O)N(N=N)C(=O)Nc1cccnc1. The third-order valence-corrected chi connectivity index (χ3v) is 6.07. The summed E-state index contributed by atoms with van der Waals surface area (Å²) >= 11 is 0.812. The zero-order valence-corrected chi connectivity index (χ0v) is 21.5. The quantitative estimate of drug-likeness (QED) is 0.0679. The lowest BCUT2D eigenvalue weighted by molar-refractivity contribution is -0.141. The Balaban J connectivity index is 3.04. The number of ether oxygens (including phenoxy) is 1. The number of rotatable bonds is 16. The van der Waals surface area contributed by atoms with Crippen LogP contribution in [-0.4, -0.2) is 87.5 Å². The van der Waals surface area contributed by atoms with Crippen molar-refractivity contribution in [1.82, 2.24) is 20.6 Å². The zero-order valence-electron chi connectivity index (χ0n) is 20.7. The molecule has 17 heteroatoms. The molecule has 7 N–H and O–H groups in total. The number of pyridine rings is 1. The first kappa shape index (κ1) is 31.9. The molecule has 0 aliphatic rings. The molecular weight excluding hydrogens is 524 g/mol. The van der Waals surface area contributed by atoms with Crippen molar-refractivity contribution < 1.29 is 38.6 Å². The topological polar surface area (TPSA) is 246 Å². The molecule has 0 saturated heterocycles. The summed E-state index contributed by atoms with van der Waals surface area (Å²) in [7, 11) is 1.12. The molecule has 16 nitrogen and oxygen atoms in total. The molecule has 0 aliphatic heterocycles. The molecule has 1 unspecified atom stereocenters. The molecule has 0 bridgehead atoms. The van der Waals surface area contributed by atoms with Gasteiger partial charge < -0.3 is 31.5 Å². The standard InChI is InChI=1S/C21H30N8O8S/c1-12(30)14(22)5-6-16(31)27-15(20(35)25-10-18(32)33)11-38-17(8-19(34)37-2)29(28-23)21(36)26-13-4-3-7-24-9-13/h3-4,7,9,14-15,17,23H,5-6,8,10-11,22H2,1-2H3,(H,25,35)(H,26,36)(H,27,31)(H,32,33)/t14-,15-,17?/m0/s1. The molecule has 208 valence electrons. The number of methoxy groups -OCH3 is 1. The highest BCUT2D eigenvalue weighted by molar-refractivity contribution is 7.99. The number of thioether (sulfide) groups is 1. The van der Waals surface area contributed by atoms with Crippen LogP contribution in [0.4, 0.5) is 10.5 Å². The number of carboxylic acid groups (broad SMARTS) is 1. The van der Waals surface area contributed by atoms with Gasteiger partial charge in [0.1, 0.15) is 23.7 Å². The second-order valence-electron chi connectivity index (χ2n) is 7.67. The first-order chi connectivity index (χ1) is 18.0. The molecule has 1 aromatic heterocycles. The Morgan fingerprint density at radius 3 is 2.55 bits per heavy atom. The molecule has 1 rings (SSSR count). The van der Waals surface area contributed by atoms with Crippen LogP contribution < -0.4 is 21.7 Å². The normalized spacial score (nSPS) is 12.7. The van der Waals surface area contributed by atoms with E-state index < -0.39 is 60.2 Å². The van der Waals surface area contributed by atoms with Crippen LogP contribution in [-0.2, 0) is 28.7 Å². The fraction of sp³-hybridized carbons (Fsp3) is 0.476. The Kier molecular flexibility index (Phi) is 13.9. The van der Waals surface area contributed by atoms with E-state index in [2.05, 4.69) is 30.9 Å². The van der Waals surface area contributed by atoms with Crippen LogP contribution in [0.15, 0.2) is 29.7 Å². The van der Waals surface area contributed by atoms with Gasteiger partial charge in [-0.05, 0) is 25.5 Å². The lowest BCUT2D eigenvalue weighted by atomic mass is 10.1. The summed E-state index contributed by atoms with van der Waals surface area (Å²) in [6, 6.07) is 0.0267. The van der Waals surface area contributed by atoms with Crippen molar-refractivity contribution in [1.29, 1.82) is 5.53 Å². The highest BCUT2D eigenvalue weighted by Gasteiger charge is 2.31. The predicted molar refractivity (Wildman–Crippen MR) is 134 cm³/mol. The molecule has 0 radical (unpaired) electrons. The Morgan fingerprint density at radius 1 is 1.29 bits per heavy atom. The van der Waals surface area contributed by atoms with Crippen LogP contribution >= 0.6 is 11.8 Å². The molecule has 0 saturated carbocycles. The molecule has 3 atom stereocenters. The van der Waals surface area contributed by atoms with E-state index in [0.29, 0.717) is 5.01 Å². The van der Waals surface area contributed by atoms with E-state index in [1.165, 1.54) is 25.4 Å². The summed E-state index contributed by atoms with van der Waals surface area (Å²) in [5.74, 6) is -4.14. The number of esters is 1. The Bertz CT molecular complexity index is 1010. The van der Waals surface area contributed by atoms with Gasteiger partial charge in [-0.3, -0.25) is 29.0 Å². The van der Waals surface area contributed by atoms with Crippen molar-refractivity contribution in [2.24, 2.45) is 11.0 Å². The highest BCUT2D eigenvalue weighted by atomic mass is 32.2. The van der Waals surface area contributed by atoms with Gasteiger partial charge in [0.2, 0.25) is 11.8 Å². The van der Waals surface area contributed by atoms with Gasteiger partial charge in [0, 0.05) is 18.4 Å². The maximum atomic E-state index is 12.7. The van der Waals surface area contributed by atoms with Gasteiger partial charge in [-0.1, -0.05) is 5.22 Å². The van der Waals surface area contributed by atoms with Crippen molar-refractivity contribution in [3.63, 3.8) is 0 Å². The van der Waals surface area contributed by atoms with E-state index in [1.807, 2.05) is 0 Å². The molecule has 0 aliphatic carbocycles. The number of carbonyl (C=O) groups excluding carboxylic acids is 5. The van der Waals surface area contributed by atoms with Gasteiger partial charge >= 0.3 is 18.0 Å². The predicted octanol–water partition coefficient (Wildman–Crippen LogP) is -0.134. The van der Waals surface area contributed by atoms with E-state index in [4.69, 9.17) is 16.4 Å². The fourth-order valence-electron chi connectivity index (χ4n) is 2.73. The lowest BCUT2D eigenvalue weighted by Crippen LogP contribution is -2.50. The van der Waals surface area contributed by atoms with Crippen molar-refractivity contribution in [3.05, 3.63) is 24.5 Å². The van der Waals surface area contributed by atoms with Crippen molar-refractivity contribution in [2.45, 2.75) is 43.6 Å². The molecule has 0 spiro atoms. The number of ketones is 1. The largest absolute Gasteiger partial charge is 0.480 e. The van der Waals surface area contributed by atoms with Crippen LogP contribution in [0.2, 0.25) is 0 Å². The minimum absolute atomic E-state index is 0.0166. The molecule has 0 aromatic carbocycles. The zero-order chi connectivity index (χ0) is 28.7. The maximum Gasteiger partial charge on any atom is 0.344 e. The molecule has 4 amide bonds. The molecule has 0 fully saturated rings. The smallest absolute Gasteiger partial charge is 0.344 e. The number of aliphatic carboxylic acids is 1. The van der Waals surface area contributed by atoms with Gasteiger partial charge in [-0.2, -0.15) is 10.5 Å². The summed E-state index contributed by atoms with van der Waals surface area (Å²) in [5, 5.41) is 18.6. The monoisotopic (exact) mass is 554 g/mol. The number of nitrogens with zero attached hydrogens (tertiary/aromatic N) is 3. The number of Topliss-reactive ketones (excluding diaryl/α,β-unsaturated/α-hetero) is 1. The van der Waals surface area contributed by atoms with Gasteiger partial charge in [0.15, 0.2) is 0 Å². The molecule has 38 heavy (non-hydrogen) atoms. The van der Waals surface area contributed by atoms with E-state index in [0.717, 1.165) is 18.9 Å². The lowest BCUT2D eigenvalue weighted by Gasteiger charge is -2.26.